The molecule has 4 nitrogen and oxygen atoms in total. The smallest absolute Gasteiger partial charge is 0 e. The van der Waals surface area contributed by atoms with E-state index in [0.29, 0.717) is 0 Å². The molecule has 0 aliphatic heterocycles. The third-order valence-corrected chi connectivity index (χ3v) is 5.05. The third-order valence-electron chi connectivity index (χ3n) is 3.72. The van der Waals surface area contributed by atoms with Crippen LogP contribution in [-0.4, -0.2) is 57.9 Å². The molecule has 0 aromatic heterocycles. The van der Waals surface area contributed by atoms with Crippen LogP contribution in [0.4, 0.5) is 0 Å². The van der Waals surface area contributed by atoms with Gasteiger partial charge in [0.15, 0.2) is 0 Å². The van der Waals surface area contributed by atoms with Crippen molar-refractivity contribution in [3.8, 4) is 0 Å². The third kappa shape index (κ3) is 19.7. The van der Waals surface area contributed by atoms with E-state index in [-0.39, 0.29) is 31.4 Å². The zero-order chi connectivity index (χ0) is 18.6. The van der Waals surface area contributed by atoms with Crippen LogP contribution < -0.4 is 0 Å². The molecule has 0 aliphatic rings. The van der Waals surface area contributed by atoms with Crippen molar-refractivity contribution in [1.82, 2.24) is 0 Å². The molecule has 26 heavy (non-hydrogen) atoms. The van der Waals surface area contributed by atoms with Gasteiger partial charge in [0, 0.05) is 18.9 Å². The van der Waals surface area contributed by atoms with Gasteiger partial charge >= 0.3 is 163 Å². The van der Waals surface area contributed by atoms with Crippen LogP contribution in [0.1, 0.15) is 79.1 Å². The number of rotatable bonds is 20. The molecule has 0 aromatic rings. The molecule has 0 fully saturated rings. The Hall–Kier alpha value is 0.957. The Morgan fingerprint density at radius 2 is 0.885 bits per heavy atom. The maximum atomic E-state index is 5.57. The van der Waals surface area contributed by atoms with E-state index in [1.807, 2.05) is 27.7 Å². The Bertz CT molecular complexity index is 224. The summed E-state index contributed by atoms with van der Waals surface area (Å²) >= 11 is 2.18. The quantitative estimate of drug-likeness (QED) is 0.150. The van der Waals surface area contributed by atoms with Gasteiger partial charge in [-0.3, -0.25) is 0 Å². The van der Waals surface area contributed by atoms with Gasteiger partial charge in [0.1, 0.15) is 0 Å². The number of ether oxygens (including phenoxy) is 4. The van der Waals surface area contributed by atoms with Crippen molar-refractivity contribution in [2.24, 2.45) is 0 Å². The average Bonchev–Trinajstić information content (AvgIpc) is 2.60. The molecule has 0 saturated carbocycles. The Morgan fingerprint density at radius 1 is 0.538 bits per heavy atom. The maximum absolute atomic E-state index is 5.57. The Balaban J connectivity index is 0. The molecule has 6 heteroatoms. The van der Waals surface area contributed by atoms with Gasteiger partial charge in [-0.25, -0.2) is 0 Å². The zero-order valence-corrected chi connectivity index (χ0v) is 18.9. The van der Waals surface area contributed by atoms with Crippen LogP contribution in [0.25, 0.3) is 0 Å². The minimum atomic E-state index is -0.000985. The molecule has 0 atom stereocenters. The summed E-state index contributed by atoms with van der Waals surface area (Å²) in [4.78, 5) is 0. The van der Waals surface area contributed by atoms with Gasteiger partial charge in [-0.15, -0.1) is 0 Å². The number of hydrogen-bond acceptors (Lipinski definition) is 4. The first-order valence-electron chi connectivity index (χ1n) is 10.2. The van der Waals surface area contributed by atoms with Crippen molar-refractivity contribution in [1.29, 1.82) is 0 Å². The molecule has 0 N–H and O–H groups in total. The van der Waals surface area contributed by atoms with E-state index < -0.39 is 0 Å². The molecule has 0 rings (SSSR count). The number of unbranched alkanes of at least 4 members (excludes halogenated alkanes) is 4. The van der Waals surface area contributed by atoms with Gasteiger partial charge in [0.2, 0.25) is 0 Å². The fourth-order valence-corrected chi connectivity index (χ4v) is 3.70. The van der Waals surface area contributed by atoms with Gasteiger partial charge in [-0.2, -0.15) is 0 Å². The summed E-state index contributed by atoms with van der Waals surface area (Å²) in [7, 11) is 0. The molecule has 0 aliphatic carbocycles. The summed E-state index contributed by atoms with van der Waals surface area (Å²) in [6, 6.07) is 0. The van der Waals surface area contributed by atoms with Crippen LogP contribution in [0.5, 0.6) is 0 Å². The van der Waals surface area contributed by atoms with Crippen molar-refractivity contribution in [3.05, 3.63) is 0 Å². The van der Waals surface area contributed by atoms with Crippen LogP contribution in [0.15, 0.2) is 0 Å². The first kappa shape index (κ1) is 29.2. The fraction of sp³-hybridized carbons (Fsp3) is 1.00. The SMILES string of the molecule is CCOC(CCCC[CH2][Cu][CH2]CCCCC(OCC)OCC)OCC.[Li]. The molecule has 0 aromatic carbocycles. The molecular formula is C20H42CuLiO4. The van der Waals surface area contributed by atoms with E-state index in [1.165, 1.54) is 49.2 Å². The predicted molar refractivity (Wildman–Crippen MR) is 106 cm³/mol. The average molecular weight is 417 g/mol. The van der Waals surface area contributed by atoms with Gasteiger partial charge in [0.05, 0.1) is 0 Å². The molecule has 0 spiro atoms. The molecule has 1 radical (unpaired) electrons. The van der Waals surface area contributed by atoms with Gasteiger partial charge in [-0.1, -0.05) is 0 Å². The van der Waals surface area contributed by atoms with E-state index >= 15 is 0 Å². The van der Waals surface area contributed by atoms with Crippen molar-refractivity contribution < 1.29 is 33.9 Å². The summed E-state index contributed by atoms with van der Waals surface area (Å²) in [6.07, 6.45) is 9.55. The summed E-state index contributed by atoms with van der Waals surface area (Å²) < 4.78 is 22.3. The van der Waals surface area contributed by atoms with Crippen LogP contribution in [-0.2, 0) is 33.9 Å². The summed E-state index contributed by atoms with van der Waals surface area (Å²) in [5, 5.41) is 2.52. The van der Waals surface area contributed by atoms with Crippen LogP contribution in [0.3, 0.4) is 0 Å². The van der Waals surface area contributed by atoms with Crippen molar-refractivity contribution in [2.45, 2.75) is 102 Å². The minimum Gasteiger partial charge on any atom is 0 e. The minimum absolute atomic E-state index is 0. The second-order valence-corrected chi connectivity index (χ2v) is 7.24. The van der Waals surface area contributed by atoms with E-state index in [2.05, 4.69) is 15.0 Å². The van der Waals surface area contributed by atoms with E-state index in [4.69, 9.17) is 18.9 Å². The van der Waals surface area contributed by atoms with Crippen molar-refractivity contribution in [3.63, 3.8) is 0 Å². The Kier molecular flexibility index (Phi) is 26.9. The first-order chi connectivity index (χ1) is 12.3. The standard InChI is InChI=1S/2C10H21O2.Cu.Li/c2*1-4-7-8-9-10(11-5-2)12-6-3;;/h2*10H,1,4-9H2,2-3H3;;. The van der Waals surface area contributed by atoms with E-state index in [9.17, 15) is 0 Å². The van der Waals surface area contributed by atoms with Crippen molar-refractivity contribution in [2.75, 3.05) is 26.4 Å². The second-order valence-electron chi connectivity index (χ2n) is 5.83. The fourth-order valence-electron chi connectivity index (χ4n) is 2.53. The topological polar surface area (TPSA) is 36.9 Å². The maximum Gasteiger partial charge on any atom is 0 e. The van der Waals surface area contributed by atoms with Crippen molar-refractivity contribution >= 4 is 18.9 Å². The molecule has 0 bridgehead atoms. The van der Waals surface area contributed by atoms with Gasteiger partial charge in [-0.05, 0) is 0 Å². The van der Waals surface area contributed by atoms with Crippen LogP contribution >= 0.6 is 0 Å². The normalized spacial score (nSPS) is 11.5. The molecule has 0 heterocycles. The largest absolute Gasteiger partial charge is 0 e. The number of hydrogen-bond donors (Lipinski definition) is 0. The summed E-state index contributed by atoms with van der Waals surface area (Å²) in [5.74, 6) is 0. The molecule has 0 saturated heterocycles. The summed E-state index contributed by atoms with van der Waals surface area (Å²) in [5.41, 5.74) is 0. The molecule has 0 amide bonds. The molecular weight excluding hydrogens is 375 g/mol. The molecule has 0 unspecified atom stereocenters. The van der Waals surface area contributed by atoms with Gasteiger partial charge in [0.25, 0.3) is 0 Å². The van der Waals surface area contributed by atoms with Crippen LogP contribution in [0.2, 0.25) is 10.6 Å². The van der Waals surface area contributed by atoms with E-state index in [0.717, 1.165) is 39.3 Å². The second kappa shape index (κ2) is 24.0. The zero-order valence-electron chi connectivity index (χ0n) is 18.0. The Labute approximate surface area is 181 Å². The Morgan fingerprint density at radius 3 is 1.19 bits per heavy atom. The molecule has 158 valence electrons. The first-order valence-corrected chi connectivity index (χ1v) is 11.5. The predicted octanol–water partition coefficient (Wildman–Crippen LogP) is 5.44. The van der Waals surface area contributed by atoms with Crippen LogP contribution in [0, 0.1) is 0 Å². The van der Waals surface area contributed by atoms with E-state index in [1.54, 1.807) is 0 Å². The monoisotopic (exact) mass is 416 g/mol. The summed E-state index contributed by atoms with van der Waals surface area (Å²) in [6.45, 7) is 11.0. The van der Waals surface area contributed by atoms with Gasteiger partial charge < -0.3 is 0 Å².